The van der Waals surface area contributed by atoms with Crippen LogP contribution in [0.4, 0.5) is 26.7 Å². The molecule has 0 spiro atoms. The standard InChI is InChI=1S/C19H16F5NO4S/c1-2-29-19(26)25-9-8-11(17(25)10-6-4-3-5-7-10)30(27,28)18-15(23)13(21)12(20)14(22)16(18)24/h3-7,11,17H,2,8-9H2,1H3/t11-,17+/m0/s1. The fourth-order valence-corrected chi connectivity index (χ4v) is 5.57. The van der Waals surface area contributed by atoms with Gasteiger partial charge in [0.1, 0.15) is 4.90 Å². The highest BCUT2D eigenvalue weighted by Crippen LogP contribution is 2.41. The van der Waals surface area contributed by atoms with Crippen molar-refractivity contribution in [1.82, 2.24) is 4.90 Å². The van der Waals surface area contributed by atoms with Gasteiger partial charge in [-0.3, -0.25) is 4.90 Å². The number of amides is 1. The maximum absolute atomic E-state index is 14.3. The summed E-state index contributed by atoms with van der Waals surface area (Å²) in [6, 6.07) is 6.47. The Balaban J connectivity index is 2.17. The van der Waals surface area contributed by atoms with Crippen molar-refractivity contribution in [3.63, 3.8) is 0 Å². The molecule has 30 heavy (non-hydrogen) atoms. The molecule has 2 aromatic rings. The molecule has 0 aliphatic carbocycles. The van der Waals surface area contributed by atoms with E-state index >= 15 is 0 Å². The molecule has 11 heteroatoms. The van der Waals surface area contributed by atoms with E-state index in [1.54, 1.807) is 18.2 Å². The molecule has 0 bridgehead atoms. The van der Waals surface area contributed by atoms with Gasteiger partial charge in [-0.2, -0.15) is 0 Å². The van der Waals surface area contributed by atoms with Gasteiger partial charge in [-0.05, 0) is 18.9 Å². The number of hydrogen-bond acceptors (Lipinski definition) is 4. The summed E-state index contributed by atoms with van der Waals surface area (Å²) in [6.45, 7) is 1.37. The zero-order valence-electron chi connectivity index (χ0n) is 15.5. The van der Waals surface area contributed by atoms with Gasteiger partial charge in [0.05, 0.1) is 17.9 Å². The highest BCUT2D eigenvalue weighted by molar-refractivity contribution is 7.92. The lowest BCUT2D eigenvalue weighted by Crippen LogP contribution is -2.36. The van der Waals surface area contributed by atoms with Gasteiger partial charge < -0.3 is 4.74 Å². The van der Waals surface area contributed by atoms with Gasteiger partial charge in [0.2, 0.25) is 5.82 Å². The Morgan fingerprint density at radius 1 is 1.00 bits per heavy atom. The zero-order valence-corrected chi connectivity index (χ0v) is 16.4. The molecule has 1 amide bonds. The van der Waals surface area contributed by atoms with Gasteiger partial charge in [0, 0.05) is 6.54 Å². The number of likely N-dealkylation sites (tertiary alicyclic amines) is 1. The molecule has 0 saturated carbocycles. The number of halogens is 5. The minimum Gasteiger partial charge on any atom is -0.450 e. The second kappa shape index (κ2) is 8.21. The number of carbonyl (C=O) groups is 1. The van der Waals surface area contributed by atoms with E-state index in [0.717, 1.165) is 4.90 Å². The highest BCUT2D eigenvalue weighted by Gasteiger charge is 2.49. The van der Waals surface area contributed by atoms with Crippen molar-refractivity contribution in [2.75, 3.05) is 13.2 Å². The van der Waals surface area contributed by atoms with Crippen LogP contribution in [-0.4, -0.2) is 37.8 Å². The van der Waals surface area contributed by atoms with E-state index in [-0.39, 0.29) is 19.6 Å². The summed E-state index contributed by atoms with van der Waals surface area (Å²) < 4.78 is 100. The molecular formula is C19H16F5NO4S. The Labute approximate surface area is 169 Å². The van der Waals surface area contributed by atoms with Crippen LogP contribution >= 0.6 is 0 Å². The summed E-state index contributed by atoms with van der Waals surface area (Å²) in [6.07, 6.45) is -1.15. The van der Waals surface area contributed by atoms with Crippen molar-refractivity contribution in [1.29, 1.82) is 0 Å². The number of rotatable bonds is 4. The molecule has 3 rings (SSSR count). The molecule has 0 unspecified atom stereocenters. The molecule has 1 aliphatic heterocycles. The lowest BCUT2D eigenvalue weighted by Gasteiger charge is -2.28. The molecule has 0 aromatic heterocycles. The second-order valence-corrected chi connectivity index (χ2v) is 8.62. The van der Waals surface area contributed by atoms with Crippen molar-refractivity contribution in [3.05, 3.63) is 65.0 Å². The Morgan fingerprint density at radius 3 is 2.07 bits per heavy atom. The number of sulfone groups is 1. The van der Waals surface area contributed by atoms with Gasteiger partial charge in [-0.15, -0.1) is 0 Å². The zero-order chi connectivity index (χ0) is 22.2. The summed E-state index contributed by atoms with van der Waals surface area (Å²) >= 11 is 0. The Morgan fingerprint density at radius 2 is 1.53 bits per heavy atom. The molecule has 2 aromatic carbocycles. The fraction of sp³-hybridized carbons (Fsp3) is 0.316. The summed E-state index contributed by atoms with van der Waals surface area (Å²) in [5, 5.41) is -1.66. The number of ether oxygens (including phenoxy) is 1. The van der Waals surface area contributed by atoms with Gasteiger partial charge in [-0.1, -0.05) is 30.3 Å². The van der Waals surface area contributed by atoms with E-state index in [2.05, 4.69) is 0 Å². The highest BCUT2D eigenvalue weighted by atomic mass is 32.2. The monoisotopic (exact) mass is 449 g/mol. The lowest BCUT2D eigenvalue weighted by molar-refractivity contribution is 0.103. The average molecular weight is 449 g/mol. The van der Waals surface area contributed by atoms with Gasteiger partial charge >= 0.3 is 6.09 Å². The number of hydrogen-bond donors (Lipinski definition) is 0. The number of benzene rings is 2. The second-order valence-electron chi connectivity index (χ2n) is 6.52. The normalized spacial score (nSPS) is 19.2. The molecule has 0 radical (unpaired) electrons. The first-order chi connectivity index (χ1) is 14.1. The molecule has 1 heterocycles. The molecule has 162 valence electrons. The van der Waals surface area contributed by atoms with Crippen molar-refractivity contribution in [2.24, 2.45) is 0 Å². The fourth-order valence-electron chi connectivity index (χ4n) is 3.53. The van der Waals surface area contributed by atoms with Crippen molar-refractivity contribution in [2.45, 2.75) is 29.5 Å². The van der Waals surface area contributed by atoms with Crippen LogP contribution in [-0.2, 0) is 14.6 Å². The molecular weight excluding hydrogens is 433 g/mol. The molecule has 1 aliphatic rings. The van der Waals surface area contributed by atoms with Crippen molar-refractivity contribution < 1.29 is 39.9 Å². The van der Waals surface area contributed by atoms with Crippen LogP contribution in [0.5, 0.6) is 0 Å². The predicted molar refractivity (Wildman–Crippen MR) is 94.7 cm³/mol. The van der Waals surface area contributed by atoms with Gasteiger partial charge in [-0.25, -0.2) is 35.2 Å². The molecule has 1 saturated heterocycles. The largest absolute Gasteiger partial charge is 0.450 e. The third-order valence-corrected chi connectivity index (χ3v) is 7.06. The summed E-state index contributed by atoms with van der Waals surface area (Å²) in [5.74, 6) is -12.0. The van der Waals surface area contributed by atoms with E-state index < -0.39 is 61.2 Å². The molecule has 1 fully saturated rings. The SMILES string of the molecule is CCOC(=O)N1CC[C@H](S(=O)(=O)c2c(F)c(F)c(F)c(F)c2F)[C@H]1c1ccccc1. The topological polar surface area (TPSA) is 63.7 Å². The third kappa shape index (κ3) is 3.51. The minimum atomic E-state index is -5.09. The quantitative estimate of drug-likeness (QED) is 0.305. The molecule has 0 N–H and O–H groups in total. The lowest BCUT2D eigenvalue weighted by atomic mass is 10.0. The van der Waals surface area contributed by atoms with E-state index in [4.69, 9.17) is 4.74 Å². The third-order valence-electron chi connectivity index (χ3n) is 4.84. The van der Waals surface area contributed by atoms with Gasteiger partial charge in [0.25, 0.3) is 0 Å². The Bertz CT molecular complexity index is 1050. The molecule has 2 atom stereocenters. The Hall–Kier alpha value is -2.69. The predicted octanol–water partition coefficient (Wildman–Crippen LogP) is 4.13. The van der Waals surface area contributed by atoms with Crippen LogP contribution in [0.25, 0.3) is 0 Å². The van der Waals surface area contributed by atoms with Crippen LogP contribution in [0.2, 0.25) is 0 Å². The smallest absolute Gasteiger partial charge is 0.410 e. The summed E-state index contributed by atoms with van der Waals surface area (Å²) in [5.41, 5.74) is 0.306. The summed E-state index contributed by atoms with van der Waals surface area (Å²) in [4.78, 5) is 11.5. The average Bonchev–Trinajstić information content (AvgIpc) is 3.18. The van der Waals surface area contributed by atoms with E-state index in [9.17, 15) is 35.2 Å². The van der Waals surface area contributed by atoms with Crippen LogP contribution < -0.4 is 0 Å². The maximum Gasteiger partial charge on any atom is 0.410 e. The van der Waals surface area contributed by atoms with Gasteiger partial charge in [0.15, 0.2) is 33.1 Å². The van der Waals surface area contributed by atoms with Crippen LogP contribution in [0, 0.1) is 29.1 Å². The van der Waals surface area contributed by atoms with Crippen LogP contribution in [0.1, 0.15) is 24.9 Å². The van der Waals surface area contributed by atoms with E-state index in [1.807, 2.05) is 0 Å². The number of nitrogens with zero attached hydrogens (tertiary/aromatic N) is 1. The first kappa shape index (κ1) is 22.0. The first-order valence-corrected chi connectivity index (χ1v) is 10.4. The van der Waals surface area contributed by atoms with Crippen molar-refractivity contribution in [3.8, 4) is 0 Å². The van der Waals surface area contributed by atoms with Crippen LogP contribution in [0.3, 0.4) is 0 Å². The number of carbonyl (C=O) groups excluding carboxylic acids is 1. The first-order valence-electron chi connectivity index (χ1n) is 8.86. The Kier molecular flexibility index (Phi) is 6.02. The summed E-state index contributed by atoms with van der Waals surface area (Å²) in [7, 11) is -5.09. The van der Waals surface area contributed by atoms with E-state index in [1.165, 1.54) is 19.1 Å². The van der Waals surface area contributed by atoms with Crippen molar-refractivity contribution >= 4 is 15.9 Å². The van der Waals surface area contributed by atoms with E-state index in [0.29, 0.717) is 5.56 Å². The maximum atomic E-state index is 14.3. The van der Waals surface area contributed by atoms with Crippen LogP contribution in [0.15, 0.2) is 35.2 Å². The minimum absolute atomic E-state index is 0.00804. The molecule has 5 nitrogen and oxygen atoms in total.